The van der Waals surface area contributed by atoms with Crippen molar-refractivity contribution in [3.05, 3.63) is 18.6 Å². The van der Waals surface area contributed by atoms with Crippen molar-refractivity contribution >= 4 is 11.6 Å². The van der Waals surface area contributed by atoms with E-state index >= 15 is 0 Å². The summed E-state index contributed by atoms with van der Waals surface area (Å²) in [6.45, 7) is 2.53. The fourth-order valence-electron chi connectivity index (χ4n) is 1.11. The van der Waals surface area contributed by atoms with E-state index in [2.05, 4.69) is 4.98 Å². The number of hydrogen-bond donors (Lipinski definition) is 1. The molecule has 0 aliphatic heterocycles. The van der Waals surface area contributed by atoms with Gasteiger partial charge in [-0.25, -0.2) is 4.98 Å². The third-order valence-corrected chi connectivity index (χ3v) is 1.62. The van der Waals surface area contributed by atoms with Crippen LogP contribution < -0.4 is 10.6 Å². The van der Waals surface area contributed by atoms with Crippen molar-refractivity contribution in [3.63, 3.8) is 0 Å². The number of aromatic nitrogens is 3. The Labute approximate surface area is 69.3 Å². The highest BCUT2D eigenvalue weighted by molar-refractivity contribution is 5.42. The van der Waals surface area contributed by atoms with Gasteiger partial charge in [0.2, 0.25) is 5.78 Å². The van der Waals surface area contributed by atoms with E-state index in [-0.39, 0.29) is 0 Å². The largest absolute Gasteiger partial charge is 0.411 e. The molecule has 12 heavy (non-hydrogen) atoms. The lowest BCUT2D eigenvalue weighted by atomic mass is 10.8. The minimum absolute atomic E-state index is 0.608. The molecule has 0 saturated heterocycles. The van der Waals surface area contributed by atoms with Gasteiger partial charge in [-0.1, -0.05) is 0 Å². The van der Waals surface area contributed by atoms with Crippen molar-refractivity contribution in [1.29, 1.82) is 0 Å². The van der Waals surface area contributed by atoms with Gasteiger partial charge in [-0.15, -0.1) is 0 Å². The molecular formula is C7H10N4O. The molecule has 0 spiro atoms. The van der Waals surface area contributed by atoms with Crippen molar-refractivity contribution < 1.29 is 4.84 Å². The Bertz CT molecular complexity index is 389. The zero-order valence-corrected chi connectivity index (χ0v) is 6.77. The third-order valence-electron chi connectivity index (χ3n) is 1.62. The standard InChI is InChI=1S/C7H10N4O/c1-2-12-11-4-3-10-6(8)5-9-7(10)11/h3-5H,2,8H2,1H3. The van der Waals surface area contributed by atoms with Crippen molar-refractivity contribution in [3.8, 4) is 0 Å². The van der Waals surface area contributed by atoms with Crippen molar-refractivity contribution in [2.75, 3.05) is 12.3 Å². The van der Waals surface area contributed by atoms with Gasteiger partial charge in [0.1, 0.15) is 12.4 Å². The van der Waals surface area contributed by atoms with Crippen LogP contribution in [0, 0.1) is 0 Å². The van der Waals surface area contributed by atoms with Gasteiger partial charge < -0.3 is 10.6 Å². The minimum atomic E-state index is 0.608. The summed E-state index contributed by atoms with van der Waals surface area (Å²) in [5.41, 5.74) is 5.62. The third kappa shape index (κ3) is 0.827. The minimum Gasteiger partial charge on any atom is -0.411 e. The number of fused-ring (bicyclic) bond motifs is 1. The quantitative estimate of drug-likeness (QED) is 0.691. The lowest BCUT2D eigenvalue weighted by molar-refractivity contribution is 0.130. The van der Waals surface area contributed by atoms with Crippen molar-refractivity contribution in [2.24, 2.45) is 0 Å². The van der Waals surface area contributed by atoms with Gasteiger partial charge in [-0.05, 0) is 6.92 Å². The fraction of sp³-hybridized carbons (Fsp3) is 0.286. The van der Waals surface area contributed by atoms with Gasteiger partial charge in [0, 0.05) is 6.20 Å². The first-order valence-electron chi connectivity index (χ1n) is 3.76. The summed E-state index contributed by atoms with van der Waals surface area (Å²) < 4.78 is 3.35. The number of imidazole rings is 2. The monoisotopic (exact) mass is 166 g/mol. The number of nitrogen functional groups attached to an aromatic ring is 1. The van der Waals surface area contributed by atoms with E-state index in [4.69, 9.17) is 10.6 Å². The van der Waals surface area contributed by atoms with E-state index in [1.54, 1.807) is 21.5 Å². The highest BCUT2D eigenvalue weighted by Gasteiger charge is 2.04. The molecule has 0 aliphatic rings. The molecule has 0 aliphatic carbocycles. The first-order chi connectivity index (χ1) is 5.83. The summed E-state index contributed by atoms with van der Waals surface area (Å²) in [6.07, 6.45) is 5.19. The first kappa shape index (κ1) is 7.02. The molecule has 2 N–H and O–H groups in total. The molecule has 0 amide bonds. The van der Waals surface area contributed by atoms with E-state index in [1.165, 1.54) is 0 Å². The zero-order chi connectivity index (χ0) is 8.55. The summed E-state index contributed by atoms with van der Waals surface area (Å²) in [6, 6.07) is 0. The molecule has 0 unspecified atom stereocenters. The van der Waals surface area contributed by atoms with Gasteiger partial charge in [-0.3, -0.25) is 4.40 Å². The summed E-state index contributed by atoms with van der Waals surface area (Å²) in [5, 5.41) is 0. The molecule has 0 radical (unpaired) electrons. The normalized spacial score (nSPS) is 10.8. The van der Waals surface area contributed by atoms with Crippen LogP contribution in [0.25, 0.3) is 5.78 Å². The van der Waals surface area contributed by atoms with Gasteiger partial charge in [0.05, 0.1) is 12.4 Å². The van der Waals surface area contributed by atoms with Gasteiger partial charge in [0.15, 0.2) is 0 Å². The summed E-state index contributed by atoms with van der Waals surface area (Å²) in [7, 11) is 0. The molecule has 2 rings (SSSR count). The van der Waals surface area contributed by atoms with Crippen LogP contribution >= 0.6 is 0 Å². The van der Waals surface area contributed by atoms with E-state index in [9.17, 15) is 0 Å². The van der Waals surface area contributed by atoms with Gasteiger partial charge in [0.25, 0.3) is 0 Å². The van der Waals surface area contributed by atoms with Crippen LogP contribution in [0.2, 0.25) is 0 Å². The zero-order valence-electron chi connectivity index (χ0n) is 6.77. The Balaban J connectivity index is 2.55. The Hall–Kier alpha value is -1.65. The maximum absolute atomic E-state index is 5.62. The fourth-order valence-corrected chi connectivity index (χ4v) is 1.11. The molecule has 64 valence electrons. The molecule has 0 atom stereocenters. The topological polar surface area (TPSA) is 57.5 Å². The maximum atomic E-state index is 5.62. The molecule has 0 fully saturated rings. The van der Waals surface area contributed by atoms with Crippen LogP contribution in [0.3, 0.4) is 0 Å². The van der Waals surface area contributed by atoms with Gasteiger partial charge >= 0.3 is 0 Å². The van der Waals surface area contributed by atoms with Crippen LogP contribution in [0.15, 0.2) is 18.6 Å². The number of nitrogens with two attached hydrogens (primary N) is 1. The SMILES string of the molecule is CCOn1ccn2c(N)cnc12. The van der Waals surface area contributed by atoms with Crippen molar-refractivity contribution in [2.45, 2.75) is 6.92 Å². The predicted octanol–water partition coefficient (Wildman–Crippen LogP) is 0.166. The maximum Gasteiger partial charge on any atom is 0.249 e. The summed E-state index contributed by atoms with van der Waals surface area (Å²) >= 11 is 0. The smallest absolute Gasteiger partial charge is 0.249 e. The second kappa shape index (κ2) is 2.44. The second-order valence-corrected chi connectivity index (χ2v) is 2.39. The molecule has 2 aromatic rings. The predicted molar refractivity (Wildman–Crippen MR) is 44.7 cm³/mol. The lowest BCUT2D eigenvalue weighted by Crippen LogP contribution is -2.09. The molecule has 0 aromatic carbocycles. The van der Waals surface area contributed by atoms with Crippen LogP contribution in [-0.4, -0.2) is 20.7 Å². The molecule has 2 aromatic heterocycles. The van der Waals surface area contributed by atoms with Crippen molar-refractivity contribution in [1.82, 2.24) is 14.1 Å². The van der Waals surface area contributed by atoms with Crippen LogP contribution in [-0.2, 0) is 0 Å². The summed E-state index contributed by atoms with van der Waals surface area (Å²) in [4.78, 5) is 9.32. The van der Waals surface area contributed by atoms with Crippen LogP contribution in [0.5, 0.6) is 0 Å². The Morgan fingerprint density at radius 2 is 2.42 bits per heavy atom. The molecule has 5 nitrogen and oxygen atoms in total. The molecule has 0 bridgehead atoms. The number of anilines is 1. The highest BCUT2D eigenvalue weighted by Crippen LogP contribution is 2.07. The van der Waals surface area contributed by atoms with Gasteiger partial charge in [-0.2, -0.15) is 4.73 Å². The lowest BCUT2D eigenvalue weighted by Gasteiger charge is -2.00. The van der Waals surface area contributed by atoms with E-state index in [1.807, 2.05) is 13.1 Å². The molecular weight excluding hydrogens is 156 g/mol. The highest BCUT2D eigenvalue weighted by atomic mass is 16.7. The second-order valence-electron chi connectivity index (χ2n) is 2.39. The Kier molecular flexibility index (Phi) is 1.43. The Morgan fingerprint density at radius 3 is 3.17 bits per heavy atom. The van der Waals surface area contributed by atoms with Crippen LogP contribution in [0.4, 0.5) is 5.82 Å². The first-order valence-corrected chi connectivity index (χ1v) is 3.76. The number of rotatable bonds is 2. The average molecular weight is 166 g/mol. The molecule has 5 heteroatoms. The molecule has 0 saturated carbocycles. The molecule has 2 heterocycles. The van der Waals surface area contributed by atoms with E-state index in [0.717, 1.165) is 0 Å². The number of hydrogen-bond acceptors (Lipinski definition) is 3. The summed E-state index contributed by atoms with van der Waals surface area (Å²) in [5.74, 6) is 1.32. The van der Waals surface area contributed by atoms with Crippen LogP contribution in [0.1, 0.15) is 6.92 Å². The van der Waals surface area contributed by atoms with E-state index in [0.29, 0.717) is 18.2 Å². The van der Waals surface area contributed by atoms with E-state index < -0.39 is 0 Å². The average Bonchev–Trinajstić information content (AvgIpc) is 2.58. The number of nitrogens with zero attached hydrogens (tertiary/aromatic N) is 3. The Morgan fingerprint density at radius 1 is 1.58 bits per heavy atom.